The van der Waals surface area contributed by atoms with Gasteiger partial charge in [0, 0.05) is 12.2 Å². The van der Waals surface area contributed by atoms with Crippen molar-refractivity contribution in [2.24, 2.45) is 11.5 Å². The number of nitrogens with one attached hydrogen (secondary N) is 3. The summed E-state index contributed by atoms with van der Waals surface area (Å²) in [7, 11) is 0. The molecular weight excluding hydrogens is 410 g/mol. The molecule has 13 nitrogen and oxygen atoms in total. The van der Waals surface area contributed by atoms with Gasteiger partial charge in [0.15, 0.2) is 0 Å². The number of carboxylic acids is 2. The van der Waals surface area contributed by atoms with Gasteiger partial charge in [-0.2, -0.15) is 12.6 Å². The zero-order valence-corrected chi connectivity index (χ0v) is 16.5. The average molecular weight is 435 g/mol. The van der Waals surface area contributed by atoms with Gasteiger partial charge >= 0.3 is 11.9 Å². The van der Waals surface area contributed by atoms with Gasteiger partial charge in [-0.3, -0.25) is 24.0 Å². The third-order valence-electron chi connectivity index (χ3n) is 3.53. The van der Waals surface area contributed by atoms with E-state index in [1.54, 1.807) is 0 Å². The highest BCUT2D eigenvalue weighted by molar-refractivity contribution is 7.80. The molecule has 0 aliphatic rings. The van der Waals surface area contributed by atoms with Crippen molar-refractivity contribution in [2.75, 3.05) is 5.75 Å². The van der Waals surface area contributed by atoms with Gasteiger partial charge < -0.3 is 37.6 Å². The molecule has 0 aliphatic carbocycles. The van der Waals surface area contributed by atoms with E-state index < -0.39 is 72.6 Å². The number of rotatable bonds is 13. The fourth-order valence-electron chi connectivity index (χ4n) is 1.98. The maximum atomic E-state index is 12.4. The van der Waals surface area contributed by atoms with Crippen LogP contribution in [-0.4, -0.2) is 75.7 Å². The lowest BCUT2D eigenvalue weighted by molar-refractivity contribution is -0.144. The Morgan fingerprint density at radius 3 is 1.79 bits per heavy atom. The molecule has 4 unspecified atom stereocenters. The van der Waals surface area contributed by atoms with E-state index in [1.165, 1.54) is 6.92 Å². The Balaban J connectivity index is 5.32. The predicted molar refractivity (Wildman–Crippen MR) is 102 cm³/mol. The van der Waals surface area contributed by atoms with Gasteiger partial charge in [-0.05, 0) is 13.3 Å². The average Bonchev–Trinajstić information content (AvgIpc) is 2.60. The number of hydrogen-bond donors (Lipinski definition) is 8. The molecule has 4 amide bonds. The van der Waals surface area contributed by atoms with Crippen molar-refractivity contribution in [1.82, 2.24) is 16.0 Å². The Hall–Kier alpha value is -2.87. The van der Waals surface area contributed by atoms with Crippen LogP contribution in [0.1, 0.15) is 26.2 Å². The maximum absolute atomic E-state index is 12.4. The number of nitrogens with two attached hydrogens (primary N) is 2. The molecule has 0 bridgehead atoms. The van der Waals surface area contributed by atoms with Crippen LogP contribution >= 0.6 is 12.6 Å². The molecule has 0 rings (SSSR count). The molecule has 0 saturated carbocycles. The van der Waals surface area contributed by atoms with Crippen LogP contribution in [0.25, 0.3) is 0 Å². The number of carbonyl (C=O) groups excluding carboxylic acids is 4. The number of carboxylic acid groups (broad SMARTS) is 2. The van der Waals surface area contributed by atoms with Crippen LogP contribution < -0.4 is 27.4 Å². The van der Waals surface area contributed by atoms with Crippen molar-refractivity contribution in [3.05, 3.63) is 0 Å². The van der Waals surface area contributed by atoms with Crippen molar-refractivity contribution in [3.8, 4) is 0 Å². The minimum atomic E-state index is -1.66. The van der Waals surface area contributed by atoms with Gasteiger partial charge in [0.25, 0.3) is 0 Å². The molecule has 164 valence electrons. The first kappa shape index (κ1) is 26.1. The van der Waals surface area contributed by atoms with Crippen LogP contribution in [0, 0.1) is 0 Å². The summed E-state index contributed by atoms with van der Waals surface area (Å²) in [5.74, 6) is -6.50. The Morgan fingerprint density at radius 1 is 0.897 bits per heavy atom. The lowest BCUT2D eigenvalue weighted by Gasteiger charge is -2.23. The van der Waals surface area contributed by atoms with E-state index in [-0.39, 0.29) is 12.2 Å². The summed E-state index contributed by atoms with van der Waals surface area (Å²) in [6.07, 6.45) is -1.61. The topological polar surface area (TPSA) is 231 Å². The van der Waals surface area contributed by atoms with E-state index in [4.69, 9.17) is 21.7 Å². The molecule has 0 aromatic carbocycles. The summed E-state index contributed by atoms with van der Waals surface area (Å²) >= 11 is 3.94. The highest BCUT2D eigenvalue weighted by Crippen LogP contribution is 2.03. The van der Waals surface area contributed by atoms with Crippen molar-refractivity contribution in [3.63, 3.8) is 0 Å². The molecule has 29 heavy (non-hydrogen) atoms. The molecule has 0 spiro atoms. The fraction of sp³-hybridized carbons (Fsp3) is 0.600. The van der Waals surface area contributed by atoms with Crippen LogP contribution in [0.15, 0.2) is 0 Å². The molecule has 14 heteroatoms. The van der Waals surface area contributed by atoms with Gasteiger partial charge in [-0.1, -0.05) is 0 Å². The van der Waals surface area contributed by atoms with Crippen LogP contribution in [0.5, 0.6) is 0 Å². The zero-order chi connectivity index (χ0) is 22.7. The molecule has 0 heterocycles. The molecule has 0 aliphatic heterocycles. The minimum absolute atomic E-state index is 0.156. The Morgan fingerprint density at radius 2 is 1.38 bits per heavy atom. The Bertz CT molecular complexity index is 657. The van der Waals surface area contributed by atoms with E-state index in [2.05, 4.69) is 23.3 Å². The molecule has 0 saturated heterocycles. The van der Waals surface area contributed by atoms with E-state index >= 15 is 0 Å². The smallest absolute Gasteiger partial charge is 0.326 e. The quantitative estimate of drug-likeness (QED) is 0.134. The standard InChI is InChI=1S/C15H25N5O8S/c1-6(16)12(24)20-9(5-29)14(26)18-7(2-3-11(22)23)13(25)19-8(15(27)28)4-10(17)21/h6-9,29H,2-5,16H2,1H3,(H2,17,21)(H,18,26)(H,19,25)(H,20,24)(H,22,23)(H,27,28). The predicted octanol–water partition coefficient (Wildman–Crippen LogP) is -3.46. The molecular formula is C15H25N5O8S. The lowest BCUT2D eigenvalue weighted by Crippen LogP contribution is -2.57. The SMILES string of the molecule is CC(N)C(=O)NC(CS)C(=O)NC(CCC(=O)O)C(=O)NC(CC(N)=O)C(=O)O. The second-order valence-electron chi connectivity index (χ2n) is 6.10. The van der Waals surface area contributed by atoms with Crippen LogP contribution in [-0.2, 0) is 28.8 Å². The number of carbonyl (C=O) groups is 6. The van der Waals surface area contributed by atoms with E-state index in [9.17, 15) is 28.8 Å². The van der Waals surface area contributed by atoms with Gasteiger partial charge in [-0.15, -0.1) is 0 Å². The van der Waals surface area contributed by atoms with Gasteiger partial charge in [-0.25, -0.2) is 4.79 Å². The second kappa shape index (κ2) is 12.6. The summed E-state index contributed by atoms with van der Waals surface area (Å²) in [4.78, 5) is 69.3. The van der Waals surface area contributed by atoms with E-state index in [0.717, 1.165) is 0 Å². The second-order valence-corrected chi connectivity index (χ2v) is 6.46. The van der Waals surface area contributed by atoms with Gasteiger partial charge in [0.05, 0.1) is 12.5 Å². The van der Waals surface area contributed by atoms with Crippen LogP contribution in [0.3, 0.4) is 0 Å². The van der Waals surface area contributed by atoms with E-state index in [0.29, 0.717) is 0 Å². The normalized spacial score (nSPS) is 14.6. The first-order valence-corrected chi connectivity index (χ1v) is 9.02. The van der Waals surface area contributed by atoms with Crippen molar-refractivity contribution < 1.29 is 39.0 Å². The highest BCUT2D eigenvalue weighted by atomic mass is 32.1. The van der Waals surface area contributed by atoms with Crippen molar-refractivity contribution >= 4 is 48.2 Å². The number of primary amides is 1. The molecule has 0 aromatic rings. The molecule has 4 atom stereocenters. The summed E-state index contributed by atoms with van der Waals surface area (Å²) < 4.78 is 0. The van der Waals surface area contributed by atoms with Gasteiger partial charge in [0.2, 0.25) is 23.6 Å². The Kier molecular flexibility index (Phi) is 11.3. The summed E-state index contributed by atoms with van der Waals surface area (Å²) in [5.41, 5.74) is 10.3. The van der Waals surface area contributed by atoms with Gasteiger partial charge in [0.1, 0.15) is 18.1 Å². The summed E-state index contributed by atoms with van der Waals surface area (Å²) in [5, 5.41) is 24.4. The molecule has 0 radical (unpaired) electrons. The maximum Gasteiger partial charge on any atom is 0.326 e. The number of amides is 4. The monoisotopic (exact) mass is 435 g/mol. The largest absolute Gasteiger partial charge is 0.481 e. The van der Waals surface area contributed by atoms with Crippen LogP contribution in [0.2, 0.25) is 0 Å². The fourth-order valence-corrected chi connectivity index (χ4v) is 2.24. The zero-order valence-electron chi connectivity index (χ0n) is 15.6. The number of thiol groups is 1. The number of hydrogen-bond acceptors (Lipinski definition) is 8. The molecule has 0 aromatic heterocycles. The van der Waals surface area contributed by atoms with Crippen LogP contribution in [0.4, 0.5) is 0 Å². The van der Waals surface area contributed by atoms with Crippen molar-refractivity contribution in [2.45, 2.75) is 50.4 Å². The minimum Gasteiger partial charge on any atom is -0.481 e. The molecule has 0 fully saturated rings. The first-order valence-electron chi connectivity index (χ1n) is 8.39. The first-order chi connectivity index (χ1) is 13.4. The Labute approximate surface area is 171 Å². The summed E-state index contributed by atoms with van der Waals surface area (Å²) in [6, 6.07) is -5.22. The van der Waals surface area contributed by atoms with E-state index in [1.807, 2.05) is 5.32 Å². The lowest BCUT2D eigenvalue weighted by atomic mass is 10.1. The summed E-state index contributed by atoms with van der Waals surface area (Å²) in [6.45, 7) is 1.39. The third-order valence-corrected chi connectivity index (χ3v) is 3.89. The third kappa shape index (κ3) is 10.3. The van der Waals surface area contributed by atoms with Crippen molar-refractivity contribution in [1.29, 1.82) is 0 Å². The number of aliphatic carboxylic acids is 2. The molecule has 9 N–H and O–H groups in total. The highest BCUT2D eigenvalue weighted by Gasteiger charge is 2.30.